The average Bonchev–Trinajstić information content (AvgIpc) is 2.40. The van der Waals surface area contributed by atoms with Gasteiger partial charge in [0.1, 0.15) is 6.61 Å². The molecule has 0 bridgehead atoms. The van der Waals surface area contributed by atoms with E-state index in [0.29, 0.717) is 18.4 Å². The normalized spacial score (nSPS) is 11.1. The molecule has 0 fully saturated rings. The lowest BCUT2D eigenvalue weighted by Gasteiger charge is -2.00. The Bertz CT molecular complexity index is 227. The number of ether oxygens (including phenoxy) is 1. The molecule has 0 spiro atoms. The Balaban J connectivity index is 3.14. The third-order valence-corrected chi connectivity index (χ3v) is 3.43. The number of hydrogen-bond acceptors (Lipinski definition) is 2. The highest BCUT2D eigenvalue weighted by molar-refractivity contribution is 9.09. The zero-order valence-corrected chi connectivity index (χ0v) is 13.9. The summed E-state index contributed by atoms with van der Waals surface area (Å²) in [6.07, 6.45) is 16.4. The lowest BCUT2D eigenvalue weighted by atomic mass is 10.1. The van der Waals surface area contributed by atoms with Crippen molar-refractivity contribution in [2.75, 3.05) is 11.9 Å². The first-order chi connectivity index (χ1) is 9.31. The van der Waals surface area contributed by atoms with Crippen molar-refractivity contribution in [3.8, 4) is 0 Å². The van der Waals surface area contributed by atoms with Gasteiger partial charge in [0.25, 0.3) is 0 Å². The third kappa shape index (κ3) is 15.6. The standard InChI is InChI=1S/C16H29BrO2/c1-2-3-4-5-6-7-8-9-10-11-12-15-19-16(18)13-14-17/h11-12H,2-10,13-15H2,1H3/b12-11+. The van der Waals surface area contributed by atoms with Gasteiger partial charge < -0.3 is 4.74 Å². The molecular weight excluding hydrogens is 304 g/mol. The molecule has 0 aromatic heterocycles. The molecule has 0 saturated heterocycles. The van der Waals surface area contributed by atoms with Crippen molar-refractivity contribution in [1.82, 2.24) is 0 Å². The van der Waals surface area contributed by atoms with E-state index in [1.54, 1.807) is 0 Å². The van der Waals surface area contributed by atoms with Crippen molar-refractivity contribution in [3.63, 3.8) is 0 Å². The second-order valence-electron chi connectivity index (χ2n) is 4.86. The molecule has 0 rings (SSSR count). The number of halogens is 1. The molecule has 0 saturated carbocycles. The van der Waals surface area contributed by atoms with Gasteiger partial charge in [-0.15, -0.1) is 0 Å². The van der Waals surface area contributed by atoms with Crippen LogP contribution in [0.2, 0.25) is 0 Å². The fourth-order valence-electron chi connectivity index (χ4n) is 1.87. The summed E-state index contributed by atoms with van der Waals surface area (Å²) in [6, 6.07) is 0. The summed E-state index contributed by atoms with van der Waals surface area (Å²) in [5.41, 5.74) is 0. The van der Waals surface area contributed by atoms with Gasteiger partial charge in [0.2, 0.25) is 0 Å². The Hall–Kier alpha value is -0.310. The summed E-state index contributed by atoms with van der Waals surface area (Å²) >= 11 is 3.21. The van der Waals surface area contributed by atoms with Crippen molar-refractivity contribution < 1.29 is 9.53 Å². The van der Waals surface area contributed by atoms with Crippen molar-refractivity contribution in [2.24, 2.45) is 0 Å². The summed E-state index contributed by atoms with van der Waals surface area (Å²) in [5, 5.41) is 0.674. The molecule has 3 heteroatoms. The maximum Gasteiger partial charge on any atom is 0.306 e. The third-order valence-electron chi connectivity index (χ3n) is 3.03. The van der Waals surface area contributed by atoms with Gasteiger partial charge in [-0.25, -0.2) is 0 Å². The number of alkyl halides is 1. The highest BCUT2D eigenvalue weighted by Gasteiger charge is 1.97. The van der Waals surface area contributed by atoms with Crippen LogP contribution in [-0.4, -0.2) is 17.9 Å². The number of carbonyl (C=O) groups is 1. The topological polar surface area (TPSA) is 26.3 Å². The summed E-state index contributed by atoms with van der Waals surface area (Å²) in [6.45, 7) is 2.67. The molecule has 0 aliphatic rings. The summed E-state index contributed by atoms with van der Waals surface area (Å²) in [4.78, 5) is 11.0. The molecule has 0 unspecified atom stereocenters. The molecule has 0 N–H and O–H groups in total. The molecule has 0 aliphatic carbocycles. The Kier molecular flexibility index (Phi) is 15.5. The number of esters is 1. The fraction of sp³-hybridized carbons (Fsp3) is 0.812. The van der Waals surface area contributed by atoms with Crippen molar-refractivity contribution in [3.05, 3.63) is 12.2 Å². The van der Waals surface area contributed by atoms with Crippen LogP contribution < -0.4 is 0 Å². The Labute approximate surface area is 127 Å². The van der Waals surface area contributed by atoms with E-state index in [1.807, 2.05) is 6.08 Å². The van der Waals surface area contributed by atoms with Gasteiger partial charge in [-0.2, -0.15) is 0 Å². The van der Waals surface area contributed by atoms with Crippen molar-refractivity contribution in [2.45, 2.75) is 71.1 Å². The van der Waals surface area contributed by atoms with E-state index in [-0.39, 0.29) is 5.97 Å². The zero-order valence-electron chi connectivity index (χ0n) is 12.3. The predicted molar refractivity (Wildman–Crippen MR) is 85.7 cm³/mol. The molecule has 0 aliphatic heterocycles. The van der Waals surface area contributed by atoms with Crippen LogP contribution in [0.15, 0.2) is 12.2 Å². The van der Waals surface area contributed by atoms with Crippen LogP contribution in [0.4, 0.5) is 0 Å². The quantitative estimate of drug-likeness (QED) is 0.195. The summed E-state index contributed by atoms with van der Waals surface area (Å²) in [5.74, 6) is -0.131. The first-order valence-electron chi connectivity index (χ1n) is 7.67. The Morgan fingerprint density at radius 3 is 2.26 bits per heavy atom. The molecule has 0 heterocycles. The SMILES string of the molecule is CCCCCCCCCC/C=C/COC(=O)CCBr. The van der Waals surface area contributed by atoms with E-state index in [1.165, 1.54) is 51.4 Å². The predicted octanol–water partition coefficient (Wildman–Crippen LogP) is 5.40. The van der Waals surface area contributed by atoms with Gasteiger partial charge in [0.05, 0.1) is 6.42 Å². The van der Waals surface area contributed by atoms with E-state index in [0.717, 1.165) is 6.42 Å². The lowest BCUT2D eigenvalue weighted by Crippen LogP contribution is -2.04. The lowest BCUT2D eigenvalue weighted by molar-refractivity contribution is -0.141. The number of hydrogen-bond donors (Lipinski definition) is 0. The van der Waals surface area contributed by atoms with E-state index in [9.17, 15) is 4.79 Å². The van der Waals surface area contributed by atoms with Crippen molar-refractivity contribution >= 4 is 21.9 Å². The van der Waals surface area contributed by atoms with E-state index in [2.05, 4.69) is 28.9 Å². The monoisotopic (exact) mass is 332 g/mol. The molecule has 112 valence electrons. The number of rotatable bonds is 13. The van der Waals surface area contributed by atoms with E-state index >= 15 is 0 Å². The van der Waals surface area contributed by atoms with Gasteiger partial charge in [-0.05, 0) is 12.8 Å². The van der Waals surface area contributed by atoms with Gasteiger partial charge >= 0.3 is 5.97 Å². The fourth-order valence-corrected chi connectivity index (χ4v) is 2.20. The first kappa shape index (κ1) is 18.7. The number of carbonyl (C=O) groups excluding carboxylic acids is 1. The molecule has 0 amide bonds. The maximum atomic E-state index is 11.0. The second-order valence-corrected chi connectivity index (χ2v) is 5.65. The van der Waals surface area contributed by atoms with Crippen LogP contribution in [0, 0.1) is 0 Å². The second kappa shape index (κ2) is 15.7. The molecule has 0 aromatic carbocycles. The zero-order chi connectivity index (χ0) is 14.2. The Morgan fingerprint density at radius 2 is 1.63 bits per heavy atom. The molecule has 0 atom stereocenters. The molecule has 19 heavy (non-hydrogen) atoms. The average molecular weight is 333 g/mol. The highest BCUT2D eigenvalue weighted by atomic mass is 79.9. The molecule has 0 aromatic rings. The molecular formula is C16H29BrO2. The summed E-state index contributed by atoms with van der Waals surface area (Å²) < 4.78 is 5.01. The van der Waals surface area contributed by atoms with Crippen LogP contribution in [0.5, 0.6) is 0 Å². The van der Waals surface area contributed by atoms with E-state index in [4.69, 9.17) is 4.74 Å². The summed E-state index contributed by atoms with van der Waals surface area (Å²) in [7, 11) is 0. The van der Waals surface area contributed by atoms with Crippen LogP contribution in [0.25, 0.3) is 0 Å². The minimum atomic E-state index is -0.131. The van der Waals surface area contributed by atoms with Crippen LogP contribution >= 0.6 is 15.9 Å². The largest absolute Gasteiger partial charge is 0.461 e. The maximum absolute atomic E-state index is 11.0. The van der Waals surface area contributed by atoms with Crippen LogP contribution in [0.1, 0.15) is 71.1 Å². The molecule has 2 nitrogen and oxygen atoms in total. The van der Waals surface area contributed by atoms with Crippen molar-refractivity contribution in [1.29, 1.82) is 0 Å². The highest BCUT2D eigenvalue weighted by Crippen LogP contribution is 2.09. The van der Waals surface area contributed by atoms with Gasteiger partial charge in [-0.1, -0.05) is 80.0 Å². The van der Waals surface area contributed by atoms with Gasteiger partial charge in [0.15, 0.2) is 0 Å². The minimum Gasteiger partial charge on any atom is -0.461 e. The number of allylic oxidation sites excluding steroid dienone is 1. The smallest absolute Gasteiger partial charge is 0.306 e. The van der Waals surface area contributed by atoms with Gasteiger partial charge in [0, 0.05) is 5.33 Å². The van der Waals surface area contributed by atoms with E-state index < -0.39 is 0 Å². The minimum absolute atomic E-state index is 0.131. The molecule has 0 radical (unpaired) electrons. The van der Waals surface area contributed by atoms with Crippen LogP contribution in [0.3, 0.4) is 0 Å². The van der Waals surface area contributed by atoms with Gasteiger partial charge in [-0.3, -0.25) is 4.79 Å². The number of unbranched alkanes of at least 4 members (excludes halogenated alkanes) is 8. The first-order valence-corrected chi connectivity index (χ1v) is 8.80. The van der Waals surface area contributed by atoms with Crippen LogP contribution in [-0.2, 0) is 9.53 Å². The Morgan fingerprint density at radius 1 is 1.00 bits per heavy atom.